The van der Waals surface area contributed by atoms with E-state index in [1.165, 1.54) is 7.11 Å². The van der Waals surface area contributed by atoms with Gasteiger partial charge in [-0.25, -0.2) is 14.8 Å². The van der Waals surface area contributed by atoms with Crippen molar-refractivity contribution in [2.24, 2.45) is 5.73 Å². The van der Waals surface area contributed by atoms with Crippen molar-refractivity contribution >= 4 is 11.9 Å². The Balaban J connectivity index is 2.13. The molecule has 0 saturated carbocycles. The molecule has 0 aliphatic rings. The lowest BCUT2D eigenvalue weighted by molar-refractivity contribution is 0.187. The zero-order valence-electron chi connectivity index (χ0n) is 16.2. The van der Waals surface area contributed by atoms with Crippen LogP contribution in [0.15, 0.2) is 42.6 Å². The minimum atomic E-state index is -0.577. The number of nitrogens with zero attached hydrogens (tertiary/aromatic N) is 2. The second-order valence-corrected chi connectivity index (χ2v) is 6.90. The fraction of sp³-hybridized carbons (Fsp3) is 0.350. The van der Waals surface area contributed by atoms with Gasteiger partial charge in [-0.15, -0.1) is 6.58 Å². The highest BCUT2D eigenvalue weighted by molar-refractivity contribution is 5.84. The fourth-order valence-electron chi connectivity index (χ4n) is 2.66. The van der Waals surface area contributed by atoms with E-state index < -0.39 is 11.6 Å². The van der Waals surface area contributed by atoms with Gasteiger partial charge in [0.2, 0.25) is 0 Å². The third kappa shape index (κ3) is 6.07. The lowest BCUT2D eigenvalue weighted by Crippen LogP contribution is -2.42. The molecule has 0 fully saturated rings. The zero-order valence-corrected chi connectivity index (χ0v) is 16.2. The number of aryl methyl sites for hydroxylation is 1. The number of nitrogens with one attached hydrogen (secondary N) is 1. The first-order chi connectivity index (χ1) is 12.7. The molecule has 0 aliphatic heterocycles. The van der Waals surface area contributed by atoms with Gasteiger partial charge >= 0.3 is 6.09 Å². The lowest BCUT2D eigenvalue weighted by atomic mass is 9.96. The Hall–Kier alpha value is -2.93. The third-order valence-electron chi connectivity index (χ3n) is 3.77. The van der Waals surface area contributed by atoms with E-state index in [1.807, 2.05) is 39.0 Å². The van der Waals surface area contributed by atoms with E-state index in [0.29, 0.717) is 24.6 Å². The highest BCUT2D eigenvalue weighted by Gasteiger charge is 2.20. The van der Waals surface area contributed by atoms with Gasteiger partial charge < -0.3 is 15.2 Å². The number of amides is 1. The fourth-order valence-corrected chi connectivity index (χ4v) is 2.66. The van der Waals surface area contributed by atoms with Crippen molar-refractivity contribution < 1.29 is 14.3 Å². The molecule has 27 heavy (non-hydrogen) atoms. The molecular formula is C20H26N4O3. The average molecular weight is 370 g/mol. The predicted octanol–water partition coefficient (Wildman–Crippen LogP) is 3.69. The number of pyridine rings is 2. The van der Waals surface area contributed by atoms with Crippen LogP contribution in [-0.4, -0.2) is 35.3 Å². The van der Waals surface area contributed by atoms with Crippen LogP contribution in [0.1, 0.15) is 26.0 Å². The maximum atomic E-state index is 11.3. The van der Waals surface area contributed by atoms with E-state index in [2.05, 4.69) is 26.6 Å². The van der Waals surface area contributed by atoms with E-state index in [4.69, 9.17) is 10.5 Å². The molecule has 0 aliphatic carbocycles. The third-order valence-corrected chi connectivity index (χ3v) is 3.77. The van der Waals surface area contributed by atoms with Crippen LogP contribution < -0.4 is 15.8 Å². The summed E-state index contributed by atoms with van der Waals surface area (Å²) < 4.78 is 10.4. The topological polar surface area (TPSA) is 99.4 Å². The molecule has 1 atom stereocenters. The molecular weight excluding hydrogens is 344 g/mol. The van der Waals surface area contributed by atoms with E-state index in [9.17, 15) is 4.79 Å². The number of rotatable bonds is 7. The second-order valence-electron chi connectivity index (χ2n) is 6.90. The normalized spacial score (nSPS) is 12.8. The average Bonchev–Trinajstić information content (AvgIpc) is 2.59. The highest BCUT2D eigenvalue weighted by atomic mass is 16.5. The van der Waals surface area contributed by atoms with Crippen LogP contribution in [0.25, 0.3) is 11.3 Å². The summed E-state index contributed by atoms with van der Waals surface area (Å²) in [6.45, 7) is 10.0. The zero-order chi connectivity index (χ0) is 20.0. The monoisotopic (exact) mass is 370 g/mol. The van der Waals surface area contributed by atoms with Crippen molar-refractivity contribution in [3.8, 4) is 17.0 Å². The largest absolute Gasteiger partial charge is 0.490 e. The van der Waals surface area contributed by atoms with Crippen molar-refractivity contribution in [1.82, 2.24) is 9.97 Å². The molecule has 7 heteroatoms. The van der Waals surface area contributed by atoms with Gasteiger partial charge in [0.25, 0.3) is 0 Å². The number of ether oxygens (including phenoxy) is 2. The van der Waals surface area contributed by atoms with Crippen LogP contribution in [0.4, 0.5) is 10.6 Å². The molecule has 2 aromatic heterocycles. The highest BCUT2D eigenvalue weighted by Crippen LogP contribution is 2.25. The summed E-state index contributed by atoms with van der Waals surface area (Å²) >= 11 is 0. The number of anilines is 1. The van der Waals surface area contributed by atoms with Crippen LogP contribution in [-0.2, 0) is 4.74 Å². The lowest BCUT2D eigenvalue weighted by Gasteiger charge is -2.25. The Kier molecular flexibility index (Phi) is 6.52. The molecule has 144 valence electrons. The number of hydrogen-bond acceptors (Lipinski definition) is 6. The maximum Gasteiger partial charge on any atom is 0.412 e. The Labute approximate surface area is 159 Å². The molecule has 2 aromatic rings. The first-order valence-corrected chi connectivity index (χ1v) is 8.55. The Morgan fingerprint density at radius 3 is 2.74 bits per heavy atom. The van der Waals surface area contributed by atoms with E-state index in [-0.39, 0.29) is 0 Å². The minimum Gasteiger partial charge on any atom is -0.490 e. The van der Waals surface area contributed by atoms with Gasteiger partial charge in [-0.2, -0.15) is 0 Å². The molecule has 1 unspecified atom stereocenters. The van der Waals surface area contributed by atoms with Crippen LogP contribution in [0.2, 0.25) is 0 Å². The van der Waals surface area contributed by atoms with Crippen molar-refractivity contribution in [3.05, 3.63) is 48.3 Å². The SMILES string of the molecule is C=C(C)CC(C)(N)COc1ccc(-c2ccnc(NC(=O)OC)c2)nc1C. The van der Waals surface area contributed by atoms with E-state index >= 15 is 0 Å². The van der Waals surface area contributed by atoms with E-state index in [0.717, 1.165) is 22.5 Å². The summed E-state index contributed by atoms with van der Waals surface area (Å²) in [5.74, 6) is 1.07. The Bertz CT molecular complexity index is 834. The first-order valence-electron chi connectivity index (χ1n) is 8.55. The number of carbonyl (C=O) groups is 1. The number of carbonyl (C=O) groups excluding carboxylic acids is 1. The van der Waals surface area contributed by atoms with Crippen LogP contribution in [0.5, 0.6) is 5.75 Å². The number of methoxy groups -OCH3 is 1. The number of hydrogen-bond donors (Lipinski definition) is 2. The predicted molar refractivity (Wildman–Crippen MR) is 106 cm³/mol. The molecule has 0 aromatic carbocycles. The van der Waals surface area contributed by atoms with Crippen LogP contribution in [0, 0.1) is 6.92 Å². The van der Waals surface area contributed by atoms with Crippen LogP contribution >= 0.6 is 0 Å². The molecule has 7 nitrogen and oxygen atoms in total. The molecule has 3 N–H and O–H groups in total. The molecule has 0 bridgehead atoms. The summed E-state index contributed by atoms with van der Waals surface area (Å²) in [4.78, 5) is 20.0. The summed E-state index contributed by atoms with van der Waals surface area (Å²) in [6, 6.07) is 7.26. The van der Waals surface area contributed by atoms with Gasteiger partial charge in [0.1, 0.15) is 18.2 Å². The maximum absolute atomic E-state index is 11.3. The van der Waals surface area contributed by atoms with Crippen molar-refractivity contribution in [1.29, 1.82) is 0 Å². The summed E-state index contributed by atoms with van der Waals surface area (Å²) in [5.41, 5.74) is 9.08. The Morgan fingerprint density at radius 2 is 2.11 bits per heavy atom. The second kappa shape index (κ2) is 8.64. The van der Waals surface area contributed by atoms with Gasteiger partial charge in [-0.3, -0.25) is 5.32 Å². The minimum absolute atomic E-state index is 0.365. The Morgan fingerprint density at radius 1 is 1.37 bits per heavy atom. The summed E-state index contributed by atoms with van der Waals surface area (Å²) in [7, 11) is 1.30. The first kappa shape index (κ1) is 20.4. The standard InChI is InChI=1S/C20H26N4O3/c1-13(2)11-20(4,21)12-27-17-7-6-16(23-14(17)3)15-8-9-22-18(10-15)24-19(25)26-5/h6-10H,1,11-12,21H2,2-5H3,(H,22,24,25). The van der Waals surface area contributed by atoms with Crippen molar-refractivity contribution in [2.45, 2.75) is 32.7 Å². The smallest absolute Gasteiger partial charge is 0.412 e. The van der Waals surface area contributed by atoms with Crippen molar-refractivity contribution in [3.63, 3.8) is 0 Å². The molecule has 1 amide bonds. The number of nitrogens with two attached hydrogens (primary N) is 1. The summed E-state index contributed by atoms with van der Waals surface area (Å²) in [6.07, 6.45) is 1.71. The van der Waals surface area contributed by atoms with Gasteiger partial charge in [0.05, 0.1) is 24.0 Å². The van der Waals surface area contributed by atoms with E-state index in [1.54, 1.807) is 12.3 Å². The van der Waals surface area contributed by atoms with Crippen molar-refractivity contribution in [2.75, 3.05) is 19.0 Å². The molecule has 0 radical (unpaired) electrons. The molecule has 2 heterocycles. The quantitative estimate of drug-likeness (QED) is 0.721. The van der Waals surface area contributed by atoms with Gasteiger partial charge in [-0.05, 0) is 51.5 Å². The van der Waals surface area contributed by atoms with Gasteiger partial charge in [-0.1, -0.05) is 5.57 Å². The van der Waals surface area contributed by atoms with Crippen LogP contribution in [0.3, 0.4) is 0 Å². The number of aromatic nitrogens is 2. The summed E-state index contributed by atoms with van der Waals surface area (Å²) in [5, 5.41) is 2.53. The van der Waals surface area contributed by atoms with Gasteiger partial charge in [0, 0.05) is 11.8 Å². The molecule has 0 saturated heterocycles. The van der Waals surface area contributed by atoms with Gasteiger partial charge in [0.15, 0.2) is 0 Å². The molecule has 0 spiro atoms. The molecule has 2 rings (SSSR count).